The van der Waals surface area contributed by atoms with E-state index in [0.29, 0.717) is 6.04 Å². The van der Waals surface area contributed by atoms with Crippen LogP contribution in [-0.2, 0) is 0 Å². The Kier molecular flexibility index (Phi) is 5.88. The van der Waals surface area contributed by atoms with E-state index >= 15 is 0 Å². The number of hydrogen-bond acceptors (Lipinski definition) is 3. The molecule has 2 aliphatic rings. The molecule has 0 amide bonds. The predicted molar refractivity (Wildman–Crippen MR) is 84.9 cm³/mol. The van der Waals surface area contributed by atoms with Gasteiger partial charge in [0.1, 0.15) is 0 Å². The van der Waals surface area contributed by atoms with Crippen LogP contribution in [0.3, 0.4) is 0 Å². The van der Waals surface area contributed by atoms with Gasteiger partial charge in [-0.2, -0.15) is 0 Å². The van der Waals surface area contributed by atoms with Crippen LogP contribution < -0.4 is 5.32 Å². The van der Waals surface area contributed by atoms with Gasteiger partial charge in [-0.05, 0) is 64.0 Å². The summed E-state index contributed by atoms with van der Waals surface area (Å²) in [6.07, 6.45) is 8.67. The fourth-order valence-electron chi connectivity index (χ4n) is 3.75. The summed E-state index contributed by atoms with van der Waals surface area (Å²) in [5.74, 6) is 0.774. The zero-order valence-electron chi connectivity index (χ0n) is 13.7. The number of hydrogen-bond donors (Lipinski definition) is 2. The quantitative estimate of drug-likeness (QED) is 0.682. The molecule has 0 radical (unpaired) electrons. The van der Waals surface area contributed by atoms with Crippen LogP contribution in [0.5, 0.6) is 0 Å². The minimum atomic E-state index is -0.0196. The Hall–Kier alpha value is -0.120. The maximum Gasteiger partial charge on any atom is 0.0613 e. The molecular formula is C17H34N2O. The monoisotopic (exact) mass is 282 g/mol. The molecule has 0 bridgehead atoms. The van der Waals surface area contributed by atoms with Crippen molar-refractivity contribution < 1.29 is 5.11 Å². The third-order valence-corrected chi connectivity index (χ3v) is 5.35. The molecule has 1 aliphatic carbocycles. The number of rotatable bonds is 9. The zero-order chi connectivity index (χ0) is 14.6. The summed E-state index contributed by atoms with van der Waals surface area (Å²) in [4.78, 5) is 2.68. The number of aliphatic hydroxyl groups is 1. The molecule has 1 saturated carbocycles. The third-order valence-electron chi connectivity index (χ3n) is 5.35. The van der Waals surface area contributed by atoms with Crippen molar-refractivity contribution in [3.05, 3.63) is 0 Å². The fraction of sp³-hybridized carbons (Fsp3) is 1.00. The molecule has 2 fully saturated rings. The van der Waals surface area contributed by atoms with Crippen molar-refractivity contribution in [2.24, 2.45) is 5.92 Å². The second kappa shape index (κ2) is 7.24. The van der Waals surface area contributed by atoms with Gasteiger partial charge in [0, 0.05) is 17.6 Å². The lowest BCUT2D eigenvalue weighted by Gasteiger charge is -2.34. The van der Waals surface area contributed by atoms with Crippen molar-refractivity contribution >= 4 is 0 Å². The van der Waals surface area contributed by atoms with E-state index in [2.05, 4.69) is 31.0 Å². The second-order valence-corrected chi connectivity index (χ2v) is 7.30. The molecule has 1 aliphatic heterocycles. The van der Waals surface area contributed by atoms with Gasteiger partial charge in [-0.15, -0.1) is 0 Å². The van der Waals surface area contributed by atoms with Crippen molar-refractivity contribution in [1.82, 2.24) is 10.2 Å². The van der Waals surface area contributed by atoms with E-state index < -0.39 is 0 Å². The number of nitrogens with one attached hydrogen (secondary N) is 1. The molecule has 0 aromatic rings. The highest BCUT2D eigenvalue weighted by atomic mass is 16.3. The van der Waals surface area contributed by atoms with E-state index in [4.69, 9.17) is 0 Å². The highest BCUT2D eigenvalue weighted by Crippen LogP contribution is 2.28. The number of nitrogens with zero attached hydrogens (tertiary/aromatic N) is 1. The first-order valence-corrected chi connectivity index (χ1v) is 8.73. The number of likely N-dealkylation sites (tertiary alicyclic amines) is 1. The van der Waals surface area contributed by atoms with E-state index in [1.807, 2.05) is 0 Å². The Morgan fingerprint density at radius 1 is 1.30 bits per heavy atom. The standard InChI is InChI=1S/C17H34N2O/c1-4-17(13-20,18-15-8-9-15)10-6-12-19-11-5-7-16(19)14(2)3/h14-16,18,20H,4-13H2,1-3H3. The van der Waals surface area contributed by atoms with Crippen LogP contribution in [-0.4, -0.2) is 47.3 Å². The zero-order valence-corrected chi connectivity index (χ0v) is 13.7. The van der Waals surface area contributed by atoms with Gasteiger partial charge in [-0.1, -0.05) is 20.8 Å². The Morgan fingerprint density at radius 3 is 2.60 bits per heavy atom. The highest BCUT2D eigenvalue weighted by Gasteiger charge is 2.34. The predicted octanol–water partition coefficient (Wildman–Crippen LogP) is 2.78. The molecule has 1 saturated heterocycles. The number of aliphatic hydroxyl groups excluding tert-OH is 1. The van der Waals surface area contributed by atoms with Crippen LogP contribution in [0.4, 0.5) is 0 Å². The van der Waals surface area contributed by atoms with Crippen molar-refractivity contribution in [2.45, 2.75) is 83.3 Å². The molecule has 0 aromatic carbocycles. The minimum absolute atomic E-state index is 0.0196. The molecule has 1 heterocycles. The summed E-state index contributed by atoms with van der Waals surface area (Å²) in [5.41, 5.74) is -0.0196. The average molecular weight is 282 g/mol. The summed E-state index contributed by atoms with van der Waals surface area (Å²) in [5, 5.41) is 13.5. The molecule has 2 N–H and O–H groups in total. The van der Waals surface area contributed by atoms with Gasteiger partial charge in [0.25, 0.3) is 0 Å². The fourth-order valence-corrected chi connectivity index (χ4v) is 3.75. The van der Waals surface area contributed by atoms with Crippen LogP contribution in [0.1, 0.15) is 65.7 Å². The normalized spacial score (nSPS) is 27.1. The van der Waals surface area contributed by atoms with Crippen LogP contribution in [0.25, 0.3) is 0 Å². The van der Waals surface area contributed by atoms with Crippen LogP contribution in [0, 0.1) is 5.92 Å². The summed E-state index contributed by atoms with van der Waals surface area (Å²) in [6, 6.07) is 1.47. The van der Waals surface area contributed by atoms with Gasteiger partial charge in [0.05, 0.1) is 6.61 Å². The lowest BCUT2D eigenvalue weighted by Crippen LogP contribution is -2.49. The first-order valence-electron chi connectivity index (χ1n) is 8.73. The summed E-state index contributed by atoms with van der Waals surface area (Å²) in [7, 11) is 0. The molecule has 0 aromatic heterocycles. The lowest BCUT2D eigenvalue weighted by atomic mass is 9.90. The maximum absolute atomic E-state index is 9.81. The molecule has 20 heavy (non-hydrogen) atoms. The van der Waals surface area contributed by atoms with Gasteiger partial charge >= 0.3 is 0 Å². The molecule has 2 unspecified atom stereocenters. The smallest absolute Gasteiger partial charge is 0.0613 e. The molecule has 2 atom stereocenters. The van der Waals surface area contributed by atoms with Gasteiger partial charge in [-0.25, -0.2) is 0 Å². The molecule has 3 heteroatoms. The van der Waals surface area contributed by atoms with Gasteiger partial charge in [0.2, 0.25) is 0 Å². The SMILES string of the molecule is CCC(CO)(CCCN1CCCC1C(C)C)NC1CC1. The van der Waals surface area contributed by atoms with E-state index in [1.165, 1.54) is 45.2 Å². The largest absolute Gasteiger partial charge is 0.394 e. The third kappa shape index (κ3) is 4.19. The van der Waals surface area contributed by atoms with Gasteiger partial charge in [0.15, 0.2) is 0 Å². The van der Waals surface area contributed by atoms with Crippen LogP contribution in [0.2, 0.25) is 0 Å². The molecular weight excluding hydrogens is 248 g/mol. The van der Waals surface area contributed by atoms with E-state index in [9.17, 15) is 5.11 Å². The second-order valence-electron chi connectivity index (χ2n) is 7.30. The van der Waals surface area contributed by atoms with Gasteiger partial charge < -0.3 is 15.3 Å². The highest BCUT2D eigenvalue weighted by molar-refractivity contribution is 4.94. The van der Waals surface area contributed by atoms with Crippen LogP contribution in [0.15, 0.2) is 0 Å². The van der Waals surface area contributed by atoms with Crippen molar-refractivity contribution in [3.63, 3.8) is 0 Å². The topological polar surface area (TPSA) is 35.5 Å². The van der Waals surface area contributed by atoms with E-state index in [-0.39, 0.29) is 12.1 Å². The lowest BCUT2D eigenvalue weighted by molar-refractivity contribution is 0.131. The van der Waals surface area contributed by atoms with Crippen molar-refractivity contribution in [3.8, 4) is 0 Å². The maximum atomic E-state index is 9.81. The molecule has 3 nitrogen and oxygen atoms in total. The average Bonchev–Trinajstić information content (AvgIpc) is 3.12. The summed E-state index contributed by atoms with van der Waals surface area (Å²) < 4.78 is 0. The van der Waals surface area contributed by atoms with E-state index in [0.717, 1.165) is 24.8 Å². The Morgan fingerprint density at radius 2 is 2.05 bits per heavy atom. The van der Waals surface area contributed by atoms with Crippen molar-refractivity contribution in [2.75, 3.05) is 19.7 Å². The van der Waals surface area contributed by atoms with Crippen molar-refractivity contribution in [1.29, 1.82) is 0 Å². The Bertz CT molecular complexity index is 285. The minimum Gasteiger partial charge on any atom is -0.394 e. The first kappa shape index (κ1) is 16.3. The van der Waals surface area contributed by atoms with Gasteiger partial charge in [-0.3, -0.25) is 0 Å². The Labute approximate surface area is 125 Å². The first-order chi connectivity index (χ1) is 9.60. The summed E-state index contributed by atoms with van der Waals surface area (Å²) in [6.45, 7) is 9.67. The molecule has 118 valence electrons. The van der Waals surface area contributed by atoms with Crippen LogP contribution >= 0.6 is 0 Å². The molecule has 0 spiro atoms. The van der Waals surface area contributed by atoms with E-state index in [1.54, 1.807) is 0 Å². The molecule has 2 rings (SSSR count). The summed E-state index contributed by atoms with van der Waals surface area (Å²) >= 11 is 0. The Balaban J connectivity index is 1.77.